The minimum Gasteiger partial charge on any atom is -0.423 e. The van der Waals surface area contributed by atoms with Gasteiger partial charge in [-0.15, -0.1) is 12.4 Å². The van der Waals surface area contributed by atoms with E-state index in [1.165, 1.54) is 6.42 Å². The Morgan fingerprint density at radius 1 is 1.36 bits per heavy atom. The third-order valence-corrected chi connectivity index (χ3v) is 4.24. The van der Waals surface area contributed by atoms with Crippen LogP contribution in [-0.2, 0) is 6.54 Å². The van der Waals surface area contributed by atoms with Crippen LogP contribution in [0, 0.1) is 12.8 Å². The summed E-state index contributed by atoms with van der Waals surface area (Å²) in [5.74, 6) is 0.712. The van der Waals surface area contributed by atoms with Gasteiger partial charge in [0.15, 0.2) is 0 Å². The largest absolute Gasteiger partial charge is 0.423 e. The SMILES string of the molecule is CNCC1CCN(Cc2cc(=O)oc3cc(C)ccc23)C1.Cl. The van der Waals surface area contributed by atoms with Gasteiger partial charge in [0.1, 0.15) is 5.58 Å². The van der Waals surface area contributed by atoms with Crippen molar-refractivity contribution in [3.63, 3.8) is 0 Å². The molecule has 1 aromatic heterocycles. The van der Waals surface area contributed by atoms with E-state index in [4.69, 9.17) is 4.42 Å². The van der Waals surface area contributed by atoms with E-state index in [9.17, 15) is 4.79 Å². The standard InChI is InChI=1S/C17H22N2O2.ClH/c1-12-3-4-15-14(8-17(20)21-16(15)7-12)11-19-6-5-13(10-19)9-18-2;/h3-4,7-8,13,18H,5-6,9-11H2,1-2H3;1H. The zero-order chi connectivity index (χ0) is 14.8. The molecule has 0 saturated carbocycles. The number of aryl methyl sites for hydroxylation is 1. The van der Waals surface area contributed by atoms with Gasteiger partial charge in [0.2, 0.25) is 0 Å². The van der Waals surface area contributed by atoms with Crippen molar-refractivity contribution in [2.75, 3.05) is 26.7 Å². The molecule has 1 atom stereocenters. The van der Waals surface area contributed by atoms with Gasteiger partial charge in [-0.1, -0.05) is 12.1 Å². The highest BCUT2D eigenvalue weighted by atomic mass is 35.5. The quantitative estimate of drug-likeness (QED) is 0.879. The Balaban J connectivity index is 0.00000176. The van der Waals surface area contributed by atoms with Crippen molar-refractivity contribution in [3.8, 4) is 0 Å². The lowest BCUT2D eigenvalue weighted by Gasteiger charge is -2.17. The predicted octanol–water partition coefficient (Wildman–Crippen LogP) is 2.56. The molecule has 1 aliphatic heterocycles. The second-order valence-corrected chi connectivity index (χ2v) is 6.04. The fourth-order valence-electron chi connectivity index (χ4n) is 3.22. The van der Waals surface area contributed by atoms with Crippen molar-refractivity contribution in [2.45, 2.75) is 19.9 Å². The molecule has 5 heteroatoms. The molecule has 2 aromatic rings. The van der Waals surface area contributed by atoms with E-state index in [-0.39, 0.29) is 18.0 Å². The van der Waals surface area contributed by atoms with Crippen molar-refractivity contribution < 1.29 is 4.42 Å². The first kappa shape index (κ1) is 17.0. The van der Waals surface area contributed by atoms with Crippen LogP contribution >= 0.6 is 12.4 Å². The molecule has 1 N–H and O–H groups in total. The first-order chi connectivity index (χ1) is 10.2. The van der Waals surface area contributed by atoms with E-state index in [0.29, 0.717) is 11.5 Å². The summed E-state index contributed by atoms with van der Waals surface area (Å²) in [6.07, 6.45) is 1.22. The Labute approximate surface area is 136 Å². The highest BCUT2D eigenvalue weighted by Crippen LogP contribution is 2.23. The van der Waals surface area contributed by atoms with Gasteiger partial charge < -0.3 is 9.73 Å². The van der Waals surface area contributed by atoms with Crippen LogP contribution in [0.25, 0.3) is 11.0 Å². The number of hydrogen-bond donors (Lipinski definition) is 1. The van der Waals surface area contributed by atoms with Crippen LogP contribution < -0.4 is 10.9 Å². The lowest BCUT2D eigenvalue weighted by molar-refractivity contribution is 0.316. The number of nitrogens with one attached hydrogen (secondary N) is 1. The number of halogens is 1. The first-order valence-corrected chi connectivity index (χ1v) is 7.56. The maximum Gasteiger partial charge on any atom is 0.336 e. The number of fused-ring (bicyclic) bond motifs is 1. The normalized spacial score (nSPS) is 18.5. The van der Waals surface area contributed by atoms with Gasteiger partial charge in [-0.2, -0.15) is 0 Å². The summed E-state index contributed by atoms with van der Waals surface area (Å²) in [4.78, 5) is 14.2. The minimum atomic E-state index is -0.255. The van der Waals surface area contributed by atoms with Gasteiger partial charge in [0.05, 0.1) is 0 Å². The zero-order valence-corrected chi connectivity index (χ0v) is 13.9. The molecular formula is C17H23ClN2O2. The van der Waals surface area contributed by atoms with Crippen LogP contribution in [0.1, 0.15) is 17.5 Å². The van der Waals surface area contributed by atoms with Crippen molar-refractivity contribution in [1.29, 1.82) is 0 Å². The number of benzene rings is 1. The molecule has 1 aliphatic rings. The summed E-state index contributed by atoms with van der Waals surface area (Å²) >= 11 is 0. The van der Waals surface area contributed by atoms with Gasteiger partial charge in [0, 0.05) is 24.5 Å². The van der Waals surface area contributed by atoms with E-state index >= 15 is 0 Å². The lowest BCUT2D eigenvalue weighted by Crippen LogP contribution is -2.24. The van der Waals surface area contributed by atoms with Crippen LogP contribution in [-0.4, -0.2) is 31.6 Å². The molecule has 0 radical (unpaired) electrons. The molecule has 1 saturated heterocycles. The molecule has 3 rings (SSSR count). The maximum atomic E-state index is 11.8. The Morgan fingerprint density at radius 2 is 2.18 bits per heavy atom. The van der Waals surface area contributed by atoms with Crippen LogP contribution in [0.2, 0.25) is 0 Å². The fourth-order valence-corrected chi connectivity index (χ4v) is 3.22. The van der Waals surface area contributed by atoms with Gasteiger partial charge in [-0.05, 0) is 56.6 Å². The summed E-state index contributed by atoms with van der Waals surface area (Å²) < 4.78 is 5.32. The molecule has 2 heterocycles. The molecule has 4 nitrogen and oxygen atoms in total. The first-order valence-electron chi connectivity index (χ1n) is 7.56. The molecule has 0 amide bonds. The van der Waals surface area contributed by atoms with Crippen LogP contribution in [0.15, 0.2) is 33.5 Å². The van der Waals surface area contributed by atoms with Crippen molar-refractivity contribution in [1.82, 2.24) is 10.2 Å². The second kappa shape index (κ2) is 7.27. The van der Waals surface area contributed by atoms with Crippen molar-refractivity contribution in [2.24, 2.45) is 5.92 Å². The van der Waals surface area contributed by atoms with E-state index in [0.717, 1.165) is 42.7 Å². The molecular weight excluding hydrogens is 300 g/mol. The maximum absolute atomic E-state index is 11.8. The smallest absolute Gasteiger partial charge is 0.336 e. The highest BCUT2D eigenvalue weighted by molar-refractivity contribution is 5.85. The lowest BCUT2D eigenvalue weighted by atomic mass is 10.1. The third kappa shape index (κ3) is 3.69. The van der Waals surface area contributed by atoms with Crippen LogP contribution in [0.5, 0.6) is 0 Å². The fraction of sp³-hybridized carbons (Fsp3) is 0.471. The molecule has 120 valence electrons. The van der Waals surface area contributed by atoms with Gasteiger partial charge in [0.25, 0.3) is 0 Å². The summed E-state index contributed by atoms with van der Waals surface area (Å²) in [6.45, 7) is 6.09. The Kier molecular flexibility index (Phi) is 5.62. The van der Waals surface area contributed by atoms with E-state index < -0.39 is 0 Å². The predicted molar refractivity (Wildman–Crippen MR) is 91.8 cm³/mol. The average molecular weight is 323 g/mol. The van der Waals surface area contributed by atoms with Crippen molar-refractivity contribution in [3.05, 3.63) is 45.8 Å². The van der Waals surface area contributed by atoms with E-state index in [1.807, 2.05) is 20.0 Å². The number of rotatable bonds is 4. The number of nitrogens with zero attached hydrogens (tertiary/aromatic N) is 1. The summed E-state index contributed by atoms with van der Waals surface area (Å²) in [5.41, 5.74) is 2.63. The molecule has 0 bridgehead atoms. The van der Waals surface area contributed by atoms with Gasteiger partial charge in [-0.3, -0.25) is 4.90 Å². The van der Waals surface area contributed by atoms with E-state index in [2.05, 4.69) is 22.3 Å². The minimum absolute atomic E-state index is 0. The van der Waals surface area contributed by atoms with Crippen molar-refractivity contribution >= 4 is 23.4 Å². The monoisotopic (exact) mass is 322 g/mol. The molecule has 0 aliphatic carbocycles. The van der Waals surface area contributed by atoms with Gasteiger partial charge >= 0.3 is 5.63 Å². The van der Waals surface area contributed by atoms with Gasteiger partial charge in [-0.25, -0.2) is 4.79 Å². The van der Waals surface area contributed by atoms with Crippen LogP contribution in [0.3, 0.4) is 0 Å². The third-order valence-electron chi connectivity index (χ3n) is 4.24. The summed E-state index contributed by atoms with van der Waals surface area (Å²) in [6, 6.07) is 7.71. The molecule has 1 fully saturated rings. The second-order valence-electron chi connectivity index (χ2n) is 6.04. The highest BCUT2D eigenvalue weighted by Gasteiger charge is 2.22. The molecule has 1 aromatic carbocycles. The Morgan fingerprint density at radius 3 is 2.95 bits per heavy atom. The summed E-state index contributed by atoms with van der Waals surface area (Å²) in [5, 5.41) is 4.30. The van der Waals surface area contributed by atoms with Crippen LogP contribution in [0.4, 0.5) is 0 Å². The molecule has 1 unspecified atom stereocenters. The topological polar surface area (TPSA) is 45.5 Å². The number of likely N-dealkylation sites (tertiary alicyclic amines) is 1. The Hall–Kier alpha value is -1.36. The Bertz CT molecular complexity index is 699. The number of hydrogen-bond acceptors (Lipinski definition) is 4. The van der Waals surface area contributed by atoms with E-state index in [1.54, 1.807) is 6.07 Å². The summed E-state index contributed by atoms with van der Waals surface area (Å²) in [7, 11) is 2.00. The molecule has 0 spiro atoms. The zero-order valence-electron chi connectivity index (χ0n) is 13.1. The molecule has 22 heavy (non-hydrogen) atoms. The average Bonchev–Trinajstić information content (AvgIpc) is 2.85.